The number of fused-ring (bicyclic) bond motifs is 1. The number of carbonyl (C=O) groups is 2. The van der Waals surface area contributed by atoms with Crippen molar-refractivity contribution in [3.8, 4) is 39.9 Å². The van der Waals surface area contributed by atoms with Crippen molar-refractivity contribution in [2.24, 2.45) is 5.92 Å². The van der Waals surface area contributed by atoms with Crippen LogP contribution in [-0.4, -0.2) is 60.9 Å². The molecule has 0 bridgehead atoms. The normalized spacial score (nSPS) is 12.6. The Morgan fingerprint density at radius 1 is 0.946 bits per heavy atom. The van der Waals surface area contributed by atoms with Crippen LogP contribution in [0.2, 0.25) is 0 Å². The Labute approximate surface area is 215 Å². The topological polar surface area (TPSA) is 108 Å². The number of hydrogen-bond donors (Lipinski definition) is 0. The molecule has 10 heteroatoms. The quantitative estimate of drug-likeness (QED) is 0.234. The molecule has 37 heavy (non-hydrogen) atoms. The van der Waals surface area contributed by atoms with Gasteiger partial charge in [-0.3, -0.25) is 9.59 Å². The molecular weight excluding hydrogens is 484 g/mol. The van der Waals surface area contributed by atoms with Gasteiger partial charge in [-0.2, -0.15) is 0 Å². The van der Waals surface area contributed by atoms with E-state index >= 15 is 0 Å². The maximum atomic E-state index is 12.6. The van der Waals surface area contributed by atoms with Gasteiger partial charge in [0.05, 0.1) is 48.3 Å². The second kappa shape index (κ2) is 12.4. The fraction of sp³-hybridized carbons (Fsp3) is 0.407. The number of benzene rings is 2. The zero-order valence-corrected chi connectivity index (χ0v) is 21.9. The lowest BCUT2D eigenvalue weighted by molar-refractivity contribution is -0.158. The van der Waals surface area contributed by atoms with E-state index in [1.165, 1.54) is 35.5 Å². The Morgan fingerprint density at radius 3 is 2.11 bits per heavy atom. The fourth-order valence-corrected chi connectivity index (χ4v) is 4.24. The molecule has 0 spiro atoms. The van der Waals surface area contributed by atoms with Gasteiger partial charge in [0.15, 0.2) is 28.9 Å². The van der Waals surface area contributed by atoms with Crippen molar-refractivity contribution < 1.29 is 47.5 Å². The number of esters is 2. The molecule has 0 N–H and O–H groups in total. The highest BCUT2D eigenvalue weighted by Gasteiger charge is 2.34. The SMILES string of the molecule is C=CCO[C@H](C)c1cc2c(cc1-c1c(CC(C(=O)OC)C(=O)OC)cc(OC)c(OC)c1OC)OCO2. The molecule has 1 atom stereocenters. The standard InChI is InChI=1S/C27H32O10/c1-8-9-35-15(2)17-12-20-21(37-14-36-20)13-18(17)23-16(10-19(26(28)33-6)27(29)34-7)11-22(30-3)24(31-4)25(23)32-5/h8,11-13,15,19H,1,9-10,14H2,2-7H3/t15-/m1/s1. The van der Waals surface area contributed by atoms with Crippen LogP contribution in [-0.2, 0) is 30.2 Å². The number of rotatable bonds is 12. The van der Waals surface area contributed by atoms with Crippen LogP contribution < -0.4 is 23.7 Å². The molecule has 1 aliphatic rings. The molecule has 0 saturated carbocycles. The molecule has 2 aromatic carbocycles. The Balaban J connectivity index is 2.36. The summed E-state index contributed by atoms with van der Waals surface area (Å²) in [5, 5.41) is 0. The minimum Gasteiger partial charge on any atom is -0.493 e. The van der Waals surface area contributed by atoms with E-state index in [0.29, 0.717) is 52.0 Å². The third-order valence-corrected chi connectivity index (χ3v) is 6.02. The minimum atomic E-state index is -1.23. The zero-order chi connectivity index (χ0) is 27.1. The summed E-state index contributed by atoms with van der Waals surface area (Å²) in [6.07, 6.45) is 1.19. The summed E-state index contributed by atoms with van der Waals surface area (Å²) in [6.45, 7) is 6.00. The van der Waals surface area contributed by atoms with Gasteiger partial charge in [0.1, 0.15) is 0 Å². The summed E-state index contributed by atoms with van der Waals surface area (Å²) >= 11 is 0. The van der Waals surface area contributed by atoms with E-state index in [1.54, 1.807) is 12.1 Å². The maximum Gasteiger partial charge on any atom is 0.320 e. The molecule has 0 unspecified atom stereocenters. The Bertz CT molecular complexity index is 1140. The van der Waals surface area contributed by atoms with Gasteiger partial charge >= 0.3 is 11.9 Å². The molecule has 1 heterocycles. The Hall–Kier alpha value is -3.92. The van der Waals surface area contributed by atoms with Gasteiger partial charge in [0.2, 0.25) is 12.5 Å². The molecule has 1 aliphatic heterocycles. The second-order valence-corrected chi connectivity index (χ2v) is 8.04. The first-order chi connectivity index (χ1) is 17.8. The molecule has 0 saturated heterocycles. The molecule has 0 radical (unpaired) electrons. The van der Waals surface area contributed by atoms with Crippen molar-refractivity contribution in [3.63, 3.8) is 0 Å². The van der Waals surface area contributed by atoms with Gasteiger partial charge in [-0.05, 0) is 48.2 Å². The Kier molecular flexibility index (Phi) is 9.24. The van der Waals surface area contributed by atoms with E-state index in [9.17, 15) is 9.59 Å². The third kappa shape index (κ3) is 5.59. The summed E-state index contributed by atoms with van der Waals surface area (Å²) < 4.78 is 44.0. The number of carbonyl (C=O) groups excluding carboxylic acids is 2. The predicted molar refractivity (Wildman–Crippen MR) is 133 cm³/mol. The highest BCUT2D eigenvalue weighted by Crippen LogP contribution is 2.51. The van der Waals surface area contributed by atoms with Crippen molar-refractivity contribution >= 4 is 11.9 Å². The molecule has 200 valence electrons. The van der Waals surface area contributed by atoms with Crippen LogP contribution in [0, 0.1) is 5.92 Å². The van der Waals surface area contributed by atoms with Crippen LogP contribution in [0.3, 0.4) is 0 Å². The van der Waals surface area contributed by atoms with Gasteiger partial charge in [-0.25, -0.2) is 0 Å². The van der Waals surface area contributed by atoms with E-state index in [0.717, 1.165) is 5.56 Å². The van der Waals surface area contributed by atoms with E-state index in [2.05, 4.69) is 6.58 Å². The third-order valence-electron chi connectivity index (χ3n) is 6.02. The first-order valence-corrected chi connectivity index (χ1v) is 11.5. The smallest absolute Gasteiger partial charge is 0.320 e. The molecule has 0 aliphatic carbocycles. The highest BCUT2D eigenvalue weighted by atomic mass is 16.7. The molecular formula is C27H32O10. The van der Waals surface area contributed by atoms with Gasteiger partial charge in [-0.15, -0.1) is 6.58 Å². The molecule has 0 amide bonds. The van der Waals surface area contributed by atoms with Crippen LogP contribution in [0.25, 0.3) is 11.1 Å². The number of ether oxygens (including phenoxy) is 8. The van der Waals surface area contributed by atoms with Crippen molar-refractivity contribution in [1.29, 1.82) is 0 Å². The molecule has 10 nitrogen and oxygen atoms in total. The van der Waals surface area contributed by atoms with Crippen molar-refractivity contribution in [2.75, 3.05) is 48.9 Å². The molecule has 0 fully saturated rings. The van der Waals surface area contributed by atoms with Gasteiger partial charge in [-0.1, -0.05) is 6.08 Å². The van der Waals surface area contributed by atoms with E-state index in [4.69, 9.17) is 37.9 Å². The summed E-state index contributed by atoms with van der Waals surface area (Å²) in [5.74, 6) is -0.597. The maximum absolute atomic E-state index is 12.6. The van der Waals surface area contributed by atoms with Crippen LogP contribution in [0.1, 0.15) is 24.2 Å². The van der Waals surface area contributed by atoms with Gasteiger partial charge < -0.3 is 37.9 Å². The predicted octanol–water partition coefficient (Wildman–Crippen LogP) is 3.88. The zero-order valence-electron chi connectivity index (χ0n) is 21.9. The minimum absolute atomic E-state index is 0.0683. The fourth-order valence-electron chi connectivity index (χ4n) is 4.24. The summed E-state index contributed by atoms with van der Waals surface area (Å²) in [4.78, 5) is 25.1. The van der Waals surface area contributed by atoms with Crippen LogP contribution in [0.15, 0.2) is 30.9 Å². The van der Waals surface area contributed by atoms with Crippen molar-refractivity contribution in [1.82, 2.24) is 0 Å². The first kappa shape index (κ1) is 27.7. The van der Waals surface area contributed by atoms with Crippen LogP contribution in [0.5, 0.6) is 28.7 Å². The lowest BCUT2D eigenvalue weighted by Crippen LogP contribution is -2.28. The largest absolute Gasteiger partial charge is 0.493 e. The van der Waals surface area contributed by atoms with Gasteiger partial charge in [0, 0.05) is 5.56 Å². The highest BCUT2D eigenvalue weighted by molar-refractivity contribution is 5.96. The summed E-state index contributed by atoms with van der Waals surface area (Å²) in [5.41, 5.74) is 2.53. The van der Waals surface area contributed by atoms with E-state index < -0.39 is 24.0 Å². The van der Waals surface area contributed by atoms with Crippen molar-refractivity contribution in [2.45, 2.75) is 19.4 Å². The lowest BCUT2D eigenvalue weighted by atomic mass is 9.87. The molecule has 3 rings (SSSR count). The Morgan fingerprint density at radius 2 is 1.57 bits per heavy atom. The van der Waals surface area contributed by atoms with Crippen LogP contribution >= 0.6 is 0 Å². The summed E-state index contributed by atoms with van der Waals surface area (Å²) in [6, 6.07) is 5.34. The average molecular weight is 517 g/mol. The number of methoxy groups -OCH3 is 5. The first-order valence-electron chi connectivity index (χ1n) is 11.5. The molecule has 2 aromatic rings. The monoisotopic (exact) mass is 516 g/mol. The van der Waals surface area contributed by atoms with Crippen LogP contribution in [0.4, 0.5) is 0 Å². The van der Waals surface area contributed by atoms with E-state index in [-0.39, 0.29) is 13.2 Å². The van der Waals surface area contributed by atoms with Crippen molar-refractivity contribution in [3.05, 3.63) is 42.0 Å². The second-order valence-electron chi connectivity index (χ2n) is 8.04. The lowest BCUT2D eigenvalue weighted by Gasteiger charge is -2.24. The summed E-state index contributed by atoms with van der Waals surface area (Å²) in [7, 11) is 6.89. The number of hydrogen-bond acceptors (Lipinski definition) is 10. The molecule has 0 aromatic heterocycles. The average Bonchev–Trinajstić information content (AvgIpc) is 3.39. The van der Waals surface area contributed by atoms with E-state index in [1.807, 2.05) is 19.1 Å². The van der Waals surface area contributed by atoms with Gasteiger partial charge in [0.25, 0.3) is 0 Å².